The average Bonchev–Trinajstić information content (AvgIpc) is 3.09. The number of amides is 1. The Morgan fingerprint density at radius 2 is 1.79 bits per heavy atom. The zero-order valence-electron chi connectivity index (χ0n) is 16.2. The van der Waals surface area contributed by atoms with Gasteiger partial charge in [0.05, 0.1) is 19.6 Å². The minimum absolute atomic E-state index is 0.204. The number of ether oxygens (including phenoxy) is 3. The molecule has 8 heteroatoms. The summed E-state index contributed by atoms with van der Waals surface area (Å²) < 4.78 is 15.2. The van der Waals surface area contributed by atoms with Gasteiger partial charge in [0, 0.05) is 10.9 Å². The van der Waals surface area contributed by atoms with Crippen molar-refractivity contribution in [2.45, 2.75) is 20.8 Å². The van der Waals surface area contributed by atoms with Crippen molar-refractivity contribution in [2.24, 2.45) is 5.92 Å². The number of rotatable bonds is 8. The second-order valence-electron chi connectivity index (χ2n) is 6.11. The predicted molar refractivity (Wildman–Crippen MR) is 107 cm³/mol. The Morgan fingerprint density at radius 3 is 2.36 bits per heavy atom. The molecule has 28 heavy (non-hydrogen) atoms. The van der Waals surface area contributed by atoms with E-state index in [0.717, 1.165) is 5.56 Å². The van der Waals surface area contributed by atoms with Crippen molar-refractivity contribution in [3.05, 3.63) is 35.2 Å². The van der Waals surface area contributed by atoms with Gasteiger partial charge < -0.3 is 19.5 Å². The first-order chi connectivity index (χ1) is 13.4. The lowest BCUT2D eigenvalue weighted by molar-refractivity contribution is -0.150. The summed E-state index contributed by atoms with van der Waals surface area (Å²) in [5, 5.41) is 4.74. The van der Waals surface area contributed by atoms with Gasteiger partial charge in [0.15, 0.2) is 6.61 Å². The van der Waals surface area contributed by atoms with Crippen LogP contribution in [0.1, 0.15) is 31.1 Å². The van der Waals surface area contributed by atoms with E-state index in [9.17, 15) is 14.4 Å². The highest BCUT2D eigenvalue weighted by atomic mass is 32.1. The normalized spacial score (nSPS) is 10.5. The summed E-state index contributed by atoms with van der Waals surface area (Å²) in [5.74, 6) is -1.17. The molecule has 0 saturated carbocycles. The van der Waals surface area contributed by atoms with E-state index in [1.165, 1.54) is 11.3 Å². The van der Waals surface area contributed by atoms with E-state index in [2.05, 4.69) is 5.32 Å². The third-order valence-corrected chi connectivity index (χ3v) is 4.64. The van der Waals surface area contributed by atoms with Gasteiger partial charge in [0.1, 0.15) is 16.3 Å². The van der Waals surface area contributed by atoms with Gasteiger partial charge in [-0.1, -0.05) is 26.0 Å². The highest BCUT2D eigenvalue weighted by Crippen LogP contribution is 2.36. The molecule has 1 aromatic heterocycles. The second-order valence-corrected chi connectivity index (χ2v) is 6.99. The van der Waals surface area contributed by atoms with Crippen LogP contribution in [0.15, 0.2) is 29.6 Å². The molecule has 1 heterocycles. The summed E-state index contributed by atoms with van der Waals surface area (Å²) in [6, 6.07) is 7.20. The molecule has 0 aliphatic heterocycles. The molecule has 0 spiro atoms. The maximum atomic E-state index is 12.5. The Balaban J connectivity index is 2.26. The molecule has 150 valence electrons. The lowest BCUT2D eigenvalue weighted by Gasteiger charge is -2.10. The van der Waals surface area contributed by atoms with Gasteiger partial charge in [-0.2, -0.15) is 0 Å². The summed E-state index contributed by atoms with van der Waals surface area (Å²) in [6.07, 6.45) is 0. The molecule has 1 aromatic carbocycles. The first-order valence-corrected chi connectivity index (χ1v) is 9.64. The molecule has 0 fully saturated rings. The fraction of sp³-hybridized carbons (Fsp3) is 0.350. The lowest BCUT2D eigenvalue weighted by atomic mass is 10.0. The van der Waals surface area contributed by atoms with Gasteiger partial charge in [-0.15, -0.1) is 11.3 Å². The minimum atomic E-state index is -0.538. The van der Waals surface area contributed by atoms with Crippen LogP contribution in [0.2, 0.25) is 0 Å². The molecular weight excluding hydrogens is 382 g/mol. The van der Waals surface area contributed by atoms with Crippen molar-refractivity contribution in [1.29, 1.82) is 0 Å². The van der Waals surface area contributed by atoms with Crippen molar-refractivity contribution < 1.29 is 28.6 Å². The van der Waals surface area contributed by atoms with E-state index in [1.807, 2.05) is 12.1 Å². The van der Waals surface area contributed by atoms with Crippen molar-refractivity contribution in [2.75, 3.05) is 25.6 Å². The van der Waals surface area contributed by atoms with Gasteiger partial charge in [-0.3, -0.25) is 9.59 Å². The second kappa shape index (κ2) is 9.89. The zero-order chi connectivity index (χ0) is 20.7. The van der Waals surface area contributed by atoms with Crippen molar-refractivity contribution in [1.82, 2.24) is 0 Å². The molecule has 0 radical (unpaired) electrons. The van der Waals surface area contributed by atoms with Crippen molar-refractivity contribution in [3.8, 4) is 16.9 Å². The monoisotopic (exact) mass is 405 g/mol. The molecule has 2 rings (SSSR count). The van der Waals surface area contributed by atoms with Crippen LogP contribution in [-0.2, 0) is 19.1 Å². The average molecular weight is 405 g/mol. The van der Waals surface area contributed by atoms with Crippen LogP contribution in [-0.4, -0.2) is 38.2 Å². The molecule has 1 N–H and O–H groups in total. The number of carbonyl (C=O) groups is 3. The standard InChI is InChI=1S/C20H23NO6S/c1-5-26-20(24)17-15(13-6-8-14(25-4)9-7-13)11-28-18(17)21-16(22)10-27-19(23)12(2)3/h6-9,11-12H,5,10H2,1-4H3,(H,21,22). The molecule has 2 aromatic rings. The molecular formula is C20H23NO6S. The highest BCUT2D eigenvalue weighted by Gasteiger charge is 2.23. The van der Waals surface area contributed by atoms with E-state index in [0.29, 0.717) is 16.3 Å². The quantitative estimate of drug-likeness (QED) is 0.673. The maximum absolute atomic E-state index is 12.5. The Labute approximate surface area is 167 Å². The molecule has 0 atom stereocenters. The number of methoxy groups -OCH3 is 1. The largest absolute Gasteiger partial charge is 0.497 e. The number of anilines is 1. The van der Waals surface area contributed by atoms with Crippen LogP contribution < -0.4 is 10.1 Å². The number of esters is 2. The molecule has 0 saturated heterocycles. The topological polar surface area (TPSA) is 90.9 Å². The van der Waals surface area contributed by atoms with Crippen LogP contribution in [0.4, 0.5) is 5.00 Å². The third kappa shape index (κ3) is 5.32. The van der Waals surface area contributed by atoms with Gasteiger partial charge in [-0.05, 0) is 24.6 Å². The fourth-order valence-corrected chi connectivity index (χ4v) is 3.28. The first-order valence-electron chi connectivity index (χ1n) is 8.76. The smallest absolute Gasteiger partial charge is 0.341 e. The molecule has 0 unspecified atom stereocenters. The van der Waals surface area contributed by atoms with Crippen LogP contribution in [0, 0.1) is 5.92 Å². The number of hydrogen-bond donors (Lipinski definition) is 1. The number of hydrogen-bond acceptors (Lipinski definition) is 7. The van der Waals surface area contributed by atoms with Gasteiger partial charge in [-0.25, -0.2) is 4.79 Å². The first kappa shape index (κ1) is 21.4. The van der Waals surface area contributed by atoms with Gasteiger partial charge >= 0.3 is 11.9 Å². The molecule has 0 aliphatic carbocycles. The lowest BCUT2D eigenvalue weighted by Crippen LogP contribution is -2.23. The maximum Gasteiger partial charge on any atom is 0.341 e. The van der Waals surface area contributed by atoms with Gasteiger partial charge in [0.2, 0.25) is 0 Å². The predicted octanol–water partition coefficient (Wildman–Crippen LogP) is 3.74. The Kier molecular flexibility index (Phi) is 7.57. The Bertz CT molecular complexity index is 841. The van der Waals surface area contributed by atoms with Crippen LogP contribution in [0.3, 0.4) is 0 Å². The van der Waals surface area contributed by atoms with Crippen LogP contribution in [0.5, 0.6) is 5.75 Å². The van der Waals surface area contributed by atoms with E-state index < -0.39 is 24.5 Å². The molecule has 7 nitrogen and oxygen atoms in total. The number of nitrogens with one attached hydrogen (secondary N) is 1. The summed E-state index contributed by atoms with van der Waals surface area (Å²) >= 11 is 1.20. The summed E-state index contributed by atoms with van der Waals surface area (Å²) in [6.45, 7) is 4.85. The molecule has 0 aliphatic rings. The Morgan fingerprint density at radius 1 is 1.11 bits per heavy atom. The SMILES string of the molecule is CCOC(=O)c1c(-c2ccc(OC)cc2)csc1NC(=O)COC(=O)C(C)C. The molecule has 0 bridgehead atoms. The summed E-state index contributed by atoms with van der Waals surface area (Å²) in [7, 11) is 1.57. The van der Waals surface area contributed by atoms with Crippen LogP contribution >= 0.6 is 11.3 Å². The van der Waals surface area contributed by atoms with Crippen molar-refractivity contribution in [3.63, 3.8) is 0 Å². The number of thiophene rings is 1. The summed E-state index contributed by atoms with van der Waals surface area (Å²) in [5.41, 5.74) is 1.69. The fourth-order valence-electron chi connectivity index (χ4n) is 2.30. The van der Waals surface area contributed by atoms with Gasteiger partial charge in [0.25, 0.3) is 5.91 Å². The van der Waals surface area contributed by atoms with E-state index in [1.54, 1.807) is 45.4 Å². The number of carbonyl (C=O) groups excluding carboxylic acids is 3. The Hall–Kier alpha value is -2.87. The summed E-state index contributed by atoms with van der Waals surface area (Å²) in [4.78, 5) is 36.2. The van der Waals surface area contributed by atoms with Crippen molar-refractivity contribution >= 4 is 34.2 Å². The minimum Gasteiger partial charge on any atom is -0.497 e. The molecule has 1 amide bonds. The van der Waals surface area contributed by atoms with Crippen LogP contribution in [0.25, 0.3) is 11.1 Å². The number of benzene rings is 1. The highest BCUT2D eigenvalue weighted by molar-refractivity contribution is 7.15. The van der Waals surface area contributed by atoms with E-state index in [4.69, 9.17) is 14.2 Å². The van der Waals surface area contributed by atoms with E-state index >= 15 is 0 Å². The third-order valence-electron chi connectivity index (χ3n) is 3.74. The zero-order valence-corrected chi connectivity index (χ0v) is 17.1. The van der Waals surface area contributed by atoms with E-state index in [-0.39, 0.29) is 18.1 Å².